The molecule has 0 atom stereocenters. The van der Waals surface area contributed by atoms with E-state index in [2.05, 4.69) is 6.07 Å². The summed E-state index contributed by atoms with van der Waals surface area (Å²) in [5.41, 5.74) is 2.34. The number of aryl methyl sites for hydroxylation is 3. The largest absolute Gasteiger partial charge is 0.493 e. The Labute approximate surface area is 189 Å². The van der Waals surface area contributed by atoms with Crippen molar-refractivity contribution < 1.29 is 9.47 Å². The van der Waals surface area contributed by atoms with Crippen LogP contribution in [0.25, 0.3) is 10.2 Å². The molecule has 2 aromatic heterocycles. The summed E-state index contributed by atoms with van der Waals surface area (Å²) in [6.45, 7) is 0.544. The number of unbranched alkanes of at least 4 members (excludes halogenated alkanes) is 1. The van der Waals surface area contributed by atoms with Gasteiger partial charge in [0.05, 0.1) is 25.7 Å². The van der Waals surface area contributed by atoms with Gasteiger partial charge in [-0.2, -0.15) is 5.26 Å². The quantitative estimate of drug-likeness (QED) is 0.267. The van der Waals surface area contributed by atoms with E-state index in [4.69, 9.17) is 19.7 Å². The van der Waals surface area contributed by atoms with Gasteiger partial charge in [-0.1, -0.05) is 17.8 Å². The number of rotatable bonds is 9. The van der Waals surface area contributed by atoms with Crippen molar-refractivity contribution in [3.63, 3.8) is 0 Å². The molecule has 1 aliphatic carbocycles. The van der Waals surface area contributed by atoms with E-state index in [1.807, 2.05) is 22.8 Å². The summed E-state index contributed by atoms with van der Waals surface area (Å²) < 4.78 is 12.6. The molecule has 0 bridgehead atoms. The summed E-state index contributed by atoms with van der Waals surface area (Å²) in [6, 6.07) is 8.03. The average molecular weight is 456 g/mol. The number of benzene rings is 1. The van der Waals surface area contributed by atoms with Crippen LogP contribution >= 0.6 is 23.1 Å². The maximum absolute atomic E-state index is 13.5. The summed E-state index contributed by atoms with van der Waals surface area (Å²) >= 11 is 3.24. The molecule has 31 heavy (non-hydrogen) atoms. The number of nitriles is 1. The molecule has 0 fully saturated rings. The van der Waals surface area contributed by atoms with E-state index in [1.165, 1.54) is 10.4 Å². The number of ether oxygens (including phenoxy) is 2. The zero-order valence-electron chi connectivity index (χ0n) is 17.8. The lowest BCUT2D eigenvalue weighted by molar-refractivity contribution is 0.354. The van der Waals surface area contributed by atoms with E-state index in [9.17, 15) is 4.79 Å². The molecule has 0 unspecified atom stereocenters. The van der Waals surface area contributed by atoms with Gasteiger partial charge in [-0.15, -0.1) is 11.3 Å². The number of fused-ring (bicyclic) bond motifs is 3. The highest BCUT2D eigenvalue weighted by atomic mass is 32.2. The van der Waals surface area contributed by atoms with E-state index in [0.717, 1.165) is 52.4 Å². The predicted octanol–water partition coefficient (Wildman–Crippen LogP) is 4.60. The van der Waals surface area contributed by atoms with Crippen LogP contribution in [0.3, 0.4) is 0 Å². The highest BCUT2D eigenvalue weighted by molar-refractivity contribution is 7.99. The first-order valence-electron chi connectivity index (χ1n) is 10.4. The monoisotopic (exact) mass is 455 g/mol. The van der Waals surface area contributed by atoms with Gasteiger partial charge in [0.15, 0.2) is 16.7 Å². The molecular formula is C23H25N3O3S2. The smallest absolute Gasteiger partial charge is 0.263 e. The van der Waals surface area contributed by atoms with Crippen molar-refractivity contribution in [2.45, 2.75) is 50.2 Å². The first-order valence-corrected chi connectivity index (χ1v) is 12.2. The highest BCUT2D eigenvalue weighted by Crippen LogP contribution is 2.36. The van der Waals surface area contributed by atoms with E-state index in [1.54, 1.807) is 37.3 Å². The molecule has 0 saturated carbocycles. The first kappa shape index (κ1) is 21.7. The first-order chi connectivity index (χ1) is 15.2. The van der Waals surface area contributed by atoms with Crippen molar-refractivity contribution in [3.05, 3.63) is 44.6 Å². The van der Waals surface area contributed by atoms with Gasteiger partial charge in [0.25, 0.3) is 5.56 Å². The summed E-state index contributed by atoms with van der Waals surface area (Å²) in [6.07, 6.45) is 5.12. The maximum atomic E-state index is 13.5. The highest BCUT2D eigenvalue weighted by Gasteiger charge is 2.23. The Hall–Kier alpha value is -2.50. The summed E-state index contributed by atoms with van der Waals surface area (Å²) in [4.78, 5) is 20.6. The fourth-order valence-electron chi connectivity index (χ4n) is 3.96. The van der Waals surface area contributed by atoms with Crippen molar-refractivity contribution in [2.75, 3.05) is 20.0 Å². The Kier molecular flexibility index (Phi) is 6.83. The summed E-state index contributed by atoms with van der Waals surface area (Å²) in [5, 5.41) is 10.4. The number of methoxy groups -OCH3 is 2. The molecule has 0 saturated heterocycles. The van der Waals surface area contributed by atoms with Crippen LogP contribution in [-0.2, 0) is 25.8 Å². The molecule has 6 nitrogen and oxygen atoms in total. The number of hydrogen-bond donors (Lipinski definition) is 0. The minimum Gasteiger partial charge on any atom is -0.493 e. The number of hydrogen-bond acceptors (Lipinski definition) is 7. The number of aromatic nitrogens is 2. The average Bonchev–Trinajstić information content (AvgIpc) is 3.37. The zero-order valence-corrected chi connectivity index (χ0v) is 19.4. The molecule has 0 spiro atoms. The maximum Gasteiger partial charge on any atom is 0.263 e. The van der Waals surface area contributed by atoms with Crippen molar-refractivity contribution in [1.82, 2.24) is 9.55 Å². The van der Waals surface area contributed by atoms with E-state index in [0.29, 0.717) is 30.9 Å². The lowest BCUT2D eigenvalue weighted by atomic mass is 10.1. The van der Waals surface area contributed by atoms with E-state index in [-0.39, 0.29) is 5.56 Å². The molecule has 3 aromatic rings. The van der Waals surface area contributed by atoms with Crippen LogP contribution in [0.4, 0.5) is 0 Å². The number of thiophene rings is 1. The minimum absolute atomic E-state index is 0.0626. The molecule has 0 aliphatic heterocycles. The Morgan fingerprint density at radius 1 is 1.26 bits per heavy atom. The molecule has 8 heteroatoms. The molecule has 162 valence electrons. The molecule has 0 amide bonds. The van der Waals surface area contributed by atoms with Gasteiger partial charge >= 0.3 is 0 Å². The van der Waals surface area contributed by atoms with Gasteiger partial charge in [-0.05, 0) is 55.4 Å². The SMILES string of the molecule is COc1ccc(CCn2c(SCCCC#N)nc3sc4c(c3c2=O)CCC4)cc1OC. The van der Waals surface area contributed by atoms with Gasteiger partial charge < -0.3 is 9.47 Å². The van der Waals surface area contributed by atoms with Crippen molar-refractivity contribution in [3.8, 4) is 17.6 Å². The van der Waals surface area contributed by atoms with Crippen LogP contribution in [0.5, 0.6) is 11.5 Å². The van der Waals surface area contributed by atoms with Gasteiger partial charge in [0.1, 0.15) is 4.83 Å². The van der Waals surface area contributed by atoms with Crippen molar-refractivity contribution in [2.24, 2.45) is 0 Å². The van der Waals surface area contributed by atoms with Gasteiger partial charge in [0.2, 0.25) is 0 Å². The summed E-state index contributed by atoms with van der Waals surface area (Å²) in [7, 11) is 3.24. The van der Waals surface area contributed by atoms with Crippen LogP contribution in [0.1, 0.15) is 35.3 Å². The van der Waals surface area contributed by atoms with Crippen molar-refractivity contribution in [1.29, 1.82) is 5.26 Å². The van der Waals surface area contributed by atoms with Crippen LogP contribution in [0.15, 0.2) is 28.2 Å². The third kappa shape index (κ3) is 4.43. The molecule has 1 aromatic carbocycles. The molecule has 0 N–H and O–H groups in total. The minimum atomic E-state index is 0.0626. The Morgan fingerprint density at radius 2 is 2.10 bits per heavy atom. The molecule has 2 heterocycles. The Bertz CT molecular complexity index is 1190. The zero-order chi connectivity index (χ0) is 21.8. The second-order valence-electron chi connectivity index (χ2n) is 7.44. The van der Waals surface area contributed by atoms with E-state index >= 15 is 0 Å². The summed E-state index contributed by atoms with van der Waals surface area (Å²) in [5.74, 6) is 2.14. The van der Waals surface area contributed by atoms with Gasteiger partial charge in [-0.25, -0.2) is 4.98 Å². The number of nitrogens with zero attached hydrogens (tertiary/aromatic N) is 3. The van der Waals surface area contributed by atoms with Crippen LogP contribution in [0.2, 0.25) is 0 Å². The number of thioether (sulfide) groups is 1. The standard InChI is InChI=1S/C23H25N3O3S2/c1-28-17-9-8-15(14-18(17)29-2)10-12-26-22(27)20-16-6-5-7-19(16)31-21(20)25-23(26)30-13-4-3-11-24/h8-9,14H,3-7,10,12-13H2,1-2H3. The Morgan fingerprint density at radius 3 is 2.87 bits per heavy atom. The second kappa shape index (κ2) is 9.75. The van der Waals surface area contributed by atoms with Gasteiger partial charge in [-0.3, -0.25) is 9.36 Å². The molecule has 0 radical (unpaired) electrons. The lowest BCUT2D eigenvalue weighted by Gasteiger charge is -2.13. The van der Waals surface area contributed by atoms with E-state index < -0.39 is 0 Å². The predicted molar refractivity (Wildman–Crippen MR) is 125 cm³/mol. The third-order valence-corrected chi connectivity index (χ3v) is 7.77. The van der Waals surface area contributed by atoms with Crippen LogP contribution in [0, 0.1) is 11.3 Å². The second-order valence-corrected chi connectivity index (χ2v) is 9.58. The lowest BCUT2D eigenvalue weighted by Crippen LogP contribution is -2.24. The fraction of sp³-hybridized carbons (Fsp3) is 0.435. The normalized spacial score (nSPS) is 12.7. The molecular weight excluding hydrogens is 430 g/mol. The molecule has 4 rings (SSSR count). The topological polar surface area (TPSA) is 77.1 Å². The van der Waals surface area contributed by atoms with Crippen LogP contribution in [-0.4, -0.2) is 29.5 Å². The van der Waals surface area contributed by atoms with Crippen molar-refractivity contribution >= 4 is 33.3 Å². The third-order valence-electron chi connectivity index (χ3n) is 5.53. The van der Waals surface area contributed by atoms with Gasteiger partial charge in [0, 0.05) is 23.6 Å². The fourth-order valence-corrected chi connectivity index (χ4v) is 6.22. The van der Waals surface area contributed by atoms with Crippen LogP contribution < -0.4 is 15.0 Å². The molecule has 1 aliphatic rings. The Balaban J connectivity index is 1.66.